The number of benzene rings is 2. The van der Waals surface area contributed by atoms with Gasteiger partial charge in [-0.2, -0.15) is 0 Å². The predicted octanol–water partition coefficient (Wildman–Crippen LogP) is 4.87. The highest BCUT2D eigenvalue weighted by atomic mass is 35.5. The van der Waals surface area contributed by atoms with Crippen molar-refractivity contribution in [3.05, 3.63) is 69.9 Å². The molecule has 3 aromatic rings. The normalized spacial score (nSPS) is 14.4. The fourth-order valence-electron chi connectivity index (χ4n) is 3.31. The number of hydrogen-bond acceptors (Lipinski definition) is 4. The molecule has 0 radical (unpaired) electrons. The highest BCUT2D eigenvalue weighted by Crippen LogP contribution is 2.30. The van der Waals surface area contributed by atoms with Crippen LogP contribution in [0.25, 0.3) is 10.6 Å². The largest absolute Gasteiger partial charge is 0.366 e. The SMILES string of the molecule is Cc1nc(-c2ccc(Cl)cc2)sc1C(=O)N1CCN(c2ccccc2F)CC1. The highest BCUT2D eigenvalue weighted by molar-refractivity contribution is 7.17. The van der Waals surface area contributed by atoms with E-state index in [-0.39, 0.29) is 11.7 Å². The Kier molecular flexibility index (Phi) is 5.33. The second kappa shape index (κ2) is 7.89. The van der Waals surface area contributed by atoms with Crippen molar-refractivity contribution in [2.24, 2.45) is 0 Å². The Morgan fingerprint density at radius 2 is 1.75 bits per heavy atom. The second-order valence-corrected chi connectivity index (χ2v) is 8.11. The molecular weight excluding hydrogens is 397 g/mol. The maximum atomic E-state index is 14.0. The third-order valence-electron chi connectivity index (χ3n) is 4.84. The summed E-state index contributed by atoms with van der Waals surface area (Å²) in [7, 11) is 0. The Hall–Kier alpha value is -2.44. The smallest absolute Gasteiger partial charge is 0.265 e. The zero-order chi connectivity index (χ0) is 19.7. The molecule has 2 heterocycles. The number of amides is 1. The topological polar surface area (TPSA) is 36.4 Å². The van der Waals surface area contributed by atoms with Crippen LogP contribution >= 0.6 is 22.9 Å². The molecule has 4 nitrogen and oxygen atoms in total. The number of nitrogens with zero attached hydrogens (tertiary/aromatic N) is 3. The fraction of sp³-hybridized carbons (Fsp3) is 0.238. The van der Waals surface area contributed by atoms with Gasteiger partial charge >= 0.3 is 0 Å². The number of aryl methyl sites for hydroxylation is 1. The summed E-state index contributed by atoms with van der Waals surface area (Å²) in [5.74, 6) is -0.239. The molecule has 144 valence electrons. The van der Waals surface area contributed by atoms with Gasteiger partial charge in [0.25, 0.3) is 5.91 Å². The minimum atomic E-state index is -0.229. The van der Waals surface area contributed by atoms with Gasteiger partial charge in [0.05, 0.1) is 11.4 Å². The lowest BCUT2D eigenvalue weighted by molar-refractivity contribution is 0.0750. The van der Waals surface area contributed by atoms with Crippen LogP contribution in [0, 0.1) is 12.7 Å². The zero-order valence-electron chi connectivity index (χ0n) is 15.4. The first-order valence-corrected chi connectivity index (χ1v) is 10.2. The van der Waals surface area contributed by atoms with Gasteiger partial charge < -0.3 is 9.80 Å². The molecule has 0 bridgehead atoms. The van der Waals surface area contributed by atoms with Gasteiger partial charge in [0.1, 0.15) is 15.7 Å². The molecule has 0 aliphatic carbocycles. The second-order valence-electron chi connectivity index (χ2n) is 6.67. The van der Waals surface area contributed by atoms with E-state index in [1.165, 1.54) is 17.4 Å². The lowest BCUT2D eigenvalue weighted by atomic mass is 10.2. The number of piperazine rings is 1. The van der Waals surface area contributed by atoms with E-state index in [1.54, 1.807) is 12.1 Å². The minimum Gasteiger partial charge on any atom is -0.366 e. The summed E-state index contributed by atoms with van der Waals surface area (Å²) >= 11 is 7.35. The Bertz CT molecular complexity index is 997. The molecule has 1 amide bonds. The van der Waals surface area contributed by atoms with E-state index in [1.807, 2.05) is 47.1 Å². The Morgan fingerprint density at radius 1 is 1.07 bits per heavy atom. The van der Waals surface area contributed by atoms with Crippen LogP contribution in [0.5, 0.6) is 0 Å². The summed E-state index contributed by atoms with van der Waals surface area (Å²) in [6, 6.07) is 14.2. The minimum absolute atomic E-state index is 0.0107. The van der Waals surface area contributed by atoms with Gasteiger partial charge in [-0.05, 0) is 31.2 Å². The molecule has 2 aromatic carbocycles. The Labute approximate surface area is 172 Å². The van der Waals surface area contributed by atoms with Crippen LogP contribution in [0.2, 0.25) is 5.02 Å². The molecule has 1 aliphatic rings. The van der Waals surface area contributed by atoms with Gasteiger partial charge in [0.15, 0.2) is 0 Å². The molecule has 0 spiro atoms. The molecule has 0 atom stereocenters. The van der Waals surface area contributed by atoms with E-state index < -0.39 is 0 Å². The molecule has 1 fully saturated rings. The van der Waals surface area contributed by atoms with Gasteiger partial charge in [0, 0.05) is 36.8 Å². The number of halogens is 2. The predicted molar refractivity (Wildman–Crippen MR) is 112 cm³/mol. The quantitative estimate of drug-likeness (QED) is 0.612. The maximum Gasteiger partial charge on any atom is 0.265 e. The van der Waals surface area contributed by atoms with Crippen LogP contribution in [0.15, 0.2) is 48.5 Å². The summed E-state index contributed by atoms with van der Waals surface area (Å²) in [5.41, 5.74) is 2.27. The lowest BCUT2D eigenvalue weighted by Crippen LogP contribution is -2.49. The van der Waals surface area contributed by atoms with Crippen molar-refractivity contribution in [1.82, 2.24) is 9.88 Å². The third kappa shape index (κ3) is 3.75. The van der Waals surface area contributed by atoms with Crippen molar-refractivity contribution in [1.29, 1.82) is 0 Å². The van der Waals surface area contributed by atoms with E-state index in [0.717, 1.165) is 16.3 Å². The highest BCUT2D eigenvalue weighted by Gasteiger charge is 2.26. The van der Waals surface area contributed by atoms with E-state index in [9.17, 15) is 9.18 Å². The number of para-hydroxylation sites is 1. The van der Waals surface area contributed by atoms with E-state index in [0.29, 0.717) is 41.8 Å². The van der Waals surface area contributed by atoms with E-state index >= 15 is 0 Å². The van der Waals surface area contributed by atoms with Crippen LogP contribution in [-0.4, -0.2) is 42.0 Å². The first-order valence-electron chi connectivity index (χ1n) is 9.05. The first kappa shape index (κ1) is 18.9. The molecular formula is C21H19ClFN3OS. The summed E-state index contributed by atoms with van der Waals surface area (Å²) in [6.07, 6.45) is 0. The molecule has 0 N–H and O–H groups in total. The van der Waals surface area contributed by atoms with Crippen LogP contribution < -0.4 is 4.90 Å². The number of hydrogen-bond donors (Lipinski definition) is 0. The molecule has 1 aromatic heterocycles. The molecule has 0 saturated carbocycles. The van der Waals surface area contributed by atoms with E-state index in [2.05, 4.69) is 4.98 Å². The molecule has 4 rings (SSSR count). The van der Waals surface area contributed by atoms with Crippen molar-refractivity contribution >= 4 is 34.5 Å². The first-order chi connectivity index (χ1) is 13.5. The standard InChI is InChI=1S/C21H19ClFN3OS/c1-14-19(28-20(24-14)15-6-8-16(22)9-7-15)21(27)26-12-10-25(11-13-26)18-5-3-2-4-17(18)23/h2-9H,10-13H2,1H3. The van der Waals surface area contributed by atoms with Crippen molar-refractivity contribution in [2.75, 3.05) is 31.1 Å². The Morgan fingerprint density at radius 3 is 2.43 bits per heavy atom. The molecule has 28 heavy (non-hydrogen) atoms. The number of carbonyl (C=O) groups excluding carboxylic acids is 1. The van der Waals surface area contributed by atoms with Gasteiger partial charge in [-0.3, -0.25) is 4.79 Å². The van der Waals surface area contributed by atoms with Gasteiger partial charge in [-0.1, -0.05) is 35.9 Å². The maximum absolute atomic E-state index is 14.0. The van der Waals surface area contributed by atoms with Crippen molar-refractivity contribution in [2.45, 2.75) is 6.92 Å². The fourth-order valence-corrected chi connectivity index (χ4v) is 4.48. The summed E-state index contributed by atoms with van der Waals surface area (Å²) in [4.78, 5) is 22.0. The third-order valence-corrected chi connectivity index (χ3v) is 6.29. The zero-order valence-corrected chi connectivity index (χ0v) is 16.9. The van der Waals surface area contributed by atoms with Crippen LogP contribution in [0.3, 0.4) is 0 Å². The van der Waals surface area contributed by atoms with E-state index in [4.69, 9.17) is 11.6 Å². The molecule has 7 heteroatoms. The number of aromatic nitrogens is 1. The average Bonchev–Trinajstić information content (AvgIpc) is 3.10. The summed E-state index contributed by atoms with van der Waals surface area (Å²) in [6.45, 7) is 4.18. The van der Waals surface area contributed by atoms with Crippen LogP contribution in [0.4, 0.5) is 10.1 Å². The van der Waals surface area contributed by atoms with Gasteiger partial charge in [-0.25, -0.2) is 9.37 Å². The molecule has 0 unspecified atom stereocenters. The lowest BCUT2D eigenvalue weighted by Gasteiger charge is -2.36. The van der Waals surface area contributed by atoms with Crippen molar-refractivity contribution < 1.29 is 9.18 Å². The van der Waals surface area contributed by atoms with Crippen LogP contribution in [0.1, 0.15) is 15.4 Å². The van der Waals surface area contributed by atoms with Crippen molar-refractivity contribution in [3.63, 3.8) is 0 Å². The number of rotatable bonds is 3. The van der Waals surface area contributed by atoms with Crippen LogP contribution in [-0.2, 0) is 0 Å². The van der Waals surface area contributed by atoms with Gasteiger partial charge in [0.2, 0.25) is 0 Å². The summed E-state index contributed by atoms with van der Waals surface area (Å²) < 4.78 is 14.0. The number of thiazole rings is 1. The number of carbonyl (C=O) groups is 1. The number of anilines is 1. The monoisotopic (exact) mass is 415 g/mol. The molecule has 1 aliphatic heterocycles. The average molecular weight is 416 g/mol. The summed E-state index contributed by atoms with van der Waals surface area (Å²) in [5, 5.41) is 1.48. The van der Waals surface area contributed by atoms with Gasteiger partial charge in [-0.15, -0.1) is 11.3 Å². The Balaban J connectivity index is 1.47. The van der Waals surface area contributed by atoms with Crippen molar-refractivity contribution in [3.8, 4) is 10.6 Å². The molecule has 1 saturated heterocycles.